The Bertz CT molecular complexity index is 1200. The van der Waals surface area contributed by atoms with Crippen LogP contribution in [0, 0.1) is 0 Å². The first kappa shape index (κ1) is 48.0. The van der Waals surface area contributed by atoms with Gasteiger partial charge in [-0.25, -0.2) is 9.59 Å². The summed E-state index contributed by atoms with van der Waals surface area (Å²) in [5, 5.41) is 2.59. The second-order valence-corrected chi connectivity index (χ2v) is 11.6. The van der Waals surface area contributed by atoms with Gasteiger partial charge in [0.05, 0.1) is 20.2 Å². The summed E-state index contributed by atoms with van der Waals surface area (Å²) in [6.45, 7) is 17.4. The summed E-state index contributed by atoms with van der Waals surface area (Å²) in [5.41, 5.74) is 6.65. The highest BCUT2D eigenvalue weighted by molar-refractivity contribution is 5.89. The van der Waals surface area contributed by atoms with Crippen LogP contribution in [0.3, 0.4) is 0 Å². The number of nitrogens with one attached hydrogen (secondary N) is 1. The number of rotatable bonds is 16. The Morgan fingerprint density at radius 3 is 2.04 bits per heavy atom. The molecule has 12 heteroatoms. The van der Waals surface area contributed by atoms with E-state index in [0.29, 0.717) is 12.3 Å². The van der Waals surface area contributed by atoms with Gasteiger partial charge in [0.15, 0.2) is 0 Å². The molecule has 1 unspecified atom stereocenters. The van der Waals surface area contributed by atoms with Crippen molar-refractivity contribution in [3.8, 4) is 5.75 Å². The summed E-state index contributed by atoms with van der Waals surface area (Å²) >= 11 is 0. The third-order valence-electron chi connectivity index (χ3n) is 6.09. The van der Waals surface area contributed by atoms with Crippen molar-refractivity contribution in [3.05, 3.63) is 65.7 Å². The van der Waals surface area contributed by atoms with Crippen LogP contribution in [0.1, 0.15) is 86.3 Å². The molecule has 2 rings (SSSR count). The number of para-hydroxylation sites is 1. The number of ether oxygens (including phenoxy) is 2. The summed E-state index contributed by atoms with van der Waals surface area (Å²) < 4.78 is 11.5. The smallest absolute Gasteiger partial charge is 0.410 e. The number of hydrogen-bond acceptors (Lipinski definition) is 9. The van der Waals surface area contributed by atoms with Crippen LogP contribution in [-0.2, 0) is 41.7 Å². The van der Waals surface area contributed by atoms with E-state index in [1.807, 2.05) is 82.3 Å². The maximum Gasteiger partial charge on any atom is 0.410 e. The van der Waals surface area contributed by atoms with Gasteiger partial charge in [-0.2, -0.15) is 4.89 Å². The topological polar surface area (TPSA) is 150 Å². The minimum atomic E-state index is -1.04. The van der Waals surface area contributed by atoms with Crippen molar-refractivity contribution in [2.24, 2.45) is 5.73 Å². The van der Waals surface area contributed by atoms with Gasteiger partial charge in [-0.3, -0.25) is 19.4 Å². The third-order valence-corrected chi connectivity index (χ3v) is 6.09. The molecule has 2 aromatic carbocycles. The normalized spacial score (nSPS) is 10.6. The fourth-order valence-electron chi connectivity index (χ4n) is 3.98. The molecule has 0 saturated heterocycles. The maximum absolute atomic E-state index is 13.1. The SMILES string of the molecule is CC.CC.CCC.COOC(=O)C(Cc1ccccc1)NC(=O)CN(C)C(=O)CN(CCOc1ccccc1CCCN)C(=O)OC(C)(C)C. The lowest BCUT2D eigenvalue weighted by molar-refractivity contribution is -0.256. The van der Waals surface area contributed by atoms with Gasteiger partial charge in [-0.15, -0.1) is 0 Å². The van der Waals surface area contributed by atoms with Crippen molar-refractivity contribution < 1.29 is 38.4 Å². The molecule has 3 N–H and O–H groups in total. The van der Waals surface area contributed by atoms with Crippen molar-refractivity contribution in [2.45, 2.75) is 99.6 Å². The fourth-order valence-corrected chi connectivity index (χ4v) is 3.98. The van der Waals surface area contributed by atoms with Crippen molar-refractivity contribution in [1.82, 2.24) is 15.1 Å². The second-order valence-electron chi connectivity index (χ2n) is 11.6. The Morgan fingerprint density at radius 1 is 0.900 bits per heavy atom. The average molecular weight is 705 g/mol. The van der Waals surface area contributed by atoms with Crippen molar-refractivity contribution in [1.29, 1.82) is 0 Å². The highest BCUT2D eigenvalue weighted by Gasteiger charge is 2.28. The van der Waals surface area contributed by atoms with Gasteiger partial charge < -0.3 is 25.4 Å². The Kier molecular flexibility index (Phi) is 27.5. The van der Waals surface area contributed by atoms with Crippen LogP contribution in [0.2, 0.25) is 0 Å². The van der Waals surface area contributed by atoms with Gasteiger partial charge in [-0.05, 0) is 57.4 Å². The second kappa shape index (κ2) is 28.7. The number of benzene rings is 2. The van der Waals surface area contributed by atoms with Crippen LogP contribution in [-0.4, -0.2) is 92.3 Å². The van der Waals surface area contributed by atoms with E-state index in [9.17, 15) is 19.2 Å². The van der Waals surface area contributed by atoms with Crippen molar-refractivity contribution in [2.75, 3.05) is 46.9 Å². The quantitative estimate of drug-likeness (QED) is 0.160. The molecule has 0 fully saturated rings. The molecule has 0 saturated carbocycles. The molecule has 0 aliphatic rings. The summed E-state index contributed by atoms with van der Waals surface area (Å²) in [7, 11) is 2.62. The number of aryl methyl sites for hydroxylation is 1. The zero-order chi connectivity index (χ0) is 38.5. The Hall–Kier alpha value is -4.16. The van der Waals surface area contributed by atoms with E-state index >= 15 is 0 Å². The lowest BCUT2D eigenvalue weighted by Crippen LogP contribution is -2.50. The molecular formula is C38H64N4O8. The van der Waals surface area contributed by atoms with Crippen LogP contribution in [0.5, 0.6) is 5.75 Å². The molecule has 0 radical (unpaired) electrons. The van der Waals surface area contributed by atoms with Crippen LogP contribution in [0.4, 0.5) is 4.79 Å². The zero-order valence-electron chi connectivity index (χ0n) is 32.4. The van der Waals surface area contributed by atoms with Crippen molar-refractivity contribution >= 4 is 23.9 Å². The number of amides is 3. The van der Waals surface area contributed by atoms with Gasteiger partial charge >= 0.3 is 12.1 Å². The summed E-state index contributed by atoms with van der Waals surface area (Å²) in [6, 6.07) is 15.6. The highest BCUT2D eigenvalue weighted by atomic mass is 17.2. The molecule has 0 spiro atoms. The molecule has 0 aliphatic carbocycles. The fraction of sp³-hybridized carbons (Fsp3) is 0.579. The molecule has 2 aromatic rings. The van der Waals surface area contributed by atoms with Crippen LogP contribution >= 0.6 is 0 Å². The first-order valence-corrected chi connectivity index (χ1v) is 17.6. The van der Waals surface area contributed by atoms with Gasteiger partial charge in [-0.1, -0.05) is 96.5 Å². The predicted octanol–water partition coefficient (Wildman–Crippen LogP) is 5.95. The summed E-state index contributed by atoms with van der Waals surface area (Å²) in [6.07, 6.45) is 2.28. The average Bonchev–Trinajstić information content (AvgIpc) is 3.09. The van der Waals surface area contributed by atoms with E-state index < -0.39 is 35.5 Å². The van der Waals surface area contributed by atoms with Crippen LogP contribution < -0.4 is 15.8 Å². The predicted molar refractivity (Wildman–Crippen MR) is 199 cm³/mol. The molecule has 0 aromatic heterocycles. The maximum atomic E-state index is 13.1. The van der Waals surface area contributed by atoms with E-state index in [-0.39, 0.29) is 32.7 Å². The highest BCUT2D eigenvalue weighted by Crippen LogP contribution is 2.19. The number of nitrogens with zero attached hydrogens (tertiary/aromatic N) is 2. The minimum Gasteiger partial charge on any atom is -0.491 e. The van der Waals surface area contributed by atoms with Crippen LogP contribution in [0.15, 0.2) is 54.6 Å². The third kappa shape index (κ3) is 21.7. The molecule has 1 atom stereocenters. The molecule has 50 heavy (non-hydrogen) atoms. The lowest BCUT2D eigenvalue weighted by atomic mass is 10.1. The molecule has 0 heterocycles. The molecule has 0 bridgehead atoms. The van der Waals surface area contributed by atoms with Crippen molar-refractivity contribution in [3.63, 3.8) is 0 Å². The van der Waals surface area contributed by atoms with E-state index in [4.69, 9.17) is 15.2 Å². The number of carbonyl (C=O) groups excluding carboxylic acids is 4. The standard InChI is InChI=1S/C31H44N4O8.C3H8.2C2H6/c1-31(2,3)42-30(39)35(18-19-41-26-16-10-9-14-24(26)15-11-17-32)22-28(37)34(4)21-27(36)33-25(29(38)43-40-5)20-23-12-7-6-8-13-23;1-3-2;2*1-2/h6-10,12-14,16,25H,11,15,17-22,32H2,1-5H3,(H,33,36);3H2,1-2H3;2*1-2H3. The molecule has 284 valence electrons. The lowest BCUT2D eigenvalue weighted by Gasteiger charge is -2.28. The van der Waals surface area contributed by atoms with E-state index in [1.165, 1.54) is 25.5 Å². The molecule has 0 aliphatic heterocycles. The Labute approximate surface area is 300 Å². The molecule has 12 nitrogen and oxygen atoms in total. The Balaban J connectivity index is 0. The summed E-state index contributed by atoms with van der Waals surface area (Å²) in [4.78, 5) is 62.8. The zero-order valence-corrected chi connectivity index (χ0v) is 32.4. The monoisotopic (exact) mass is 704 g/mol. The van der Waals surface area contributed by atoms with Gasteiger partial charge in [0.25, 0.3) is 0 Å². The summed E-state index contributed by atoms with van der Waals surface area (Å²) in [5.74, 6) is -1.21. The minimum absolute atomic E-state index is 0.0634. The van der Waals surface area contributed by atoms with Gasteiger partial charge in [0.2, 0.25) is 11.8 Å². The first-order valence-electron chi connectivity index (χ1n) is 17.6. The number of nitrogens with two attached hydrogens (primary N) is 1. The Morgan fingerprint density at radius 2 is 1.48 bits per heavy atom. The molecular weight excluding hydrogens is 640 g/mol. The number of likely N-dealkylation sites (N-methyl/N-ethyl adjacent to an activating group) is 1. The largest absolute Gasteiger partial charge is 0.491 e. The van der Waals surface area contributed by atoms with E-state index in [1.54, 1.807) is 20.8 Å². The molecule has 3 amide bonds. The number of carbonyl (C=O) groups is 4. The van der Waals surface area contributed by atoms with Gasteiger partial charge in [0, 0.05) is 13.5 Å². The van der Waals surface area contributed by atoms with Gasteiger partial charge in [0.1, 0.15) is 30.5 Å². The first-order chi connectivity index (χ1) is 23.8. The van der Waals surface area contributed by atoms with E-state index in [2.05, 4.69) is 28.9 Å². The van der Waals surface area contributed by atoms with Crippen LogP contribution in [0.25, 0.3) is 0 Å². The van der Waals surface area contributed by atoms with E-state index in [0.717, 1.165) is 28.9 Å². The number of hydrogen-bond donors (Lipinski definition) is 2.